The van der Waals surface area contributed by atoms with Crippen molar-refractivity contribution in [1.29, 1.82) is 0 Å². The molecule has 62 heavy (non-hydrogen) atoms. The lowest BCUT2D eigenvalue weighted by atomic mass is 9.95. The van der Waals surface area contributed by atoms with E-state index in [2.05, 4.69) is 265 Å². The highest BCUT2D eigenvalue weighted by Gasteiger charge is 2.20. The predicted molar refractivity (Wildman–Crippen MR) is 265 cm³/mol. The molecular weight excluding hydrogens is 749 g/mol. The SMILES string of the molecule is c1ccc(-c2ccc(N(c3ccc(-c4ccc(N(c5ccc(-c6ccccc6)cc5)c5cccc6ccccc56)c5ccccc45)cc3)c3ccc4ccccc4c3)cc2)cc1. The maximum absolute atomic E-state index is 2.43. The van der Waals surface area contributed by atoms with E-state index in [-0.39, 0.29) is 0 Å². The molecule has 2 nitrogen and oxygen atoms in total. The zero-order valence-electron chi connectivity index (χ0n) is 34.1. The van der Waals surface area contributed by atoms with E-state index in [1.165, 1.54) is 65.7 Å². The average molecular weight is 791 g/mol. The standard InChI is InChI=1S/C60H42N2/c1-3-14-43(15-4-1)46-26-33-51(34-27-46)61(54-39-30-45-18-7-8-20-50(45)42-54)52-37-31-49(32-38-52)55-40-41-60(58-24-12-11-23-57(55)58)62(59-25-13-21-48-19-9-10-22-56(48)59)53-35-28-47(29-36-53)44-16-5-2-6-17-44/h1-42H. The zero-order valence-corrected chi connectivity index (χ0v) is 34.1. The van der Waals surface area contributed by atoms with Crippen molar-refractivity contribution in [2.45, 2.75) is 0 Å². The van der Waals surface area contributed by atoms with Crippen LogP contribution in [0.3, 0.4) is 0 Å². The van der Waals surface area contributed by atoms with Gasteiger partial charge in [-0.2, -0.15) is 0 Å². The molecule has 0 bridgehead atoms. The van der Waals surface area contributed by atoms with E-state index in [0.29, 0.717) is 0 Å². The van der Waals surface area contributed by atoms with Gasteiger partial charge in [0, 0.05) is 33.5 Å². The minimum Gasteiger partial charge on any atom is -0.310 e. The zero-order chi connectivity index (χ0) is 41.2. The first kappa shape index (κ1) is 36.8. The van der Waals surface area contributed by atoms with Gasteiger partial charge in [-0.3, -0.25) is 0 Å². The second-order valence-corrected chi connectivity index (χ2v) is 15.8. The fourth-order valence-electron chi connectivity index (χ4n) is 8.96. The van der Waals surface area contributed by atoms with E-state index in [1.54, 1.807) is 0 Å². The number of benzene rings is 11. The molecule has 0 aromatic heterocycles. The van der Waals surface area contributed by atoms with Crippen LogP contribution in [-0.2, 0) is 0 Å². The first-order valence-electron chi connectivity index (χ1n) is 21.3. The molecule has 0 aliphatic heterocycles. The van der Waals surface area contributed by atoms with Crippen molar-refractivity contribution in [3.63, 3.8) is 0 Å². The van der Waals surface area contributed by atoms with E-state index >= 15 is 0 Å². The second-order valence-electron chi connectivity index (χ2n) is 15.8. The van der Waals surface area contributed by atoms with Crippen molar-refractivity contribution in [2.75, 3.05) is 9.80 Å². The molecule has 0 unspecified atom stereocenters. The molecule has 0 fully saturated rings. The Morgan fingerprint density at radius 1 is 0.210 bits per heavy atom. The quantitative estimate of drug-likeness (QED) is 0.144. The molecule has 0 N–H and O–H groups in total. The highest BCUT2D eigenvalue weighted by molar-refractivity contribution is 6.09. The molecule has 0 saturated heterocycles. The van der Waals surface area contributed by atoms with Gasteiger partial charge in [0.15, 0.2) is 0 Å². The van der Waals surface area contributed by atoms with E-state index in [1.807, 2.05) is 0 Å². The summed E-state index contributed by atoms with van der Waals surface area (Å²) < 4.78 is 0. The molecule has 11 rings (SSSR count). The van der Waals surface area contributed by atoms with Gasteiger partial charge in [-0.05, 0) is 116 Å². The molecule has 11 aromatic carbocycles. The van der Waals surface area contributed by atoms with E-state index < -0.39 is 0 Å². The Morgan fingerprint density at radius 2 is 0.645 bits per heavy atom. The number of rotatable bonds is 9. The third kappa shape index (κ3) is 6.94. The predicted octanol–water partition coefficient (Wildman–Crippen LogP) is 17.1. The van der Waals surface area contributed by atoms with Gasteiger partial charge in [0.25, 0.3) is 0 Å². The Morgan fingerprint density at radius 3 is 1.27 bits per heavy atom. The lowest BCUT2D eigenvalue weighted by molar-refractivity contribution is 1.29. The molecule has 292 valence electrons. The lowest BCUT2D eigenvalue weighted by Gasteiger charge is -2.29. The molecule has 0 spiro atoms. The third-order valence-electron chi connectivity index (χ3n) is 12.0. The summed E-state index contributed by atoms with van der Waals surface area (Å²) in [5, 5.41) is 7.24. The molecule has 0 saturated carbocycles. The van der Waals surface area contributed by atoms with E-state index in [0.717, 1.165) is 34.1 Å². The molecule has 11 aromatic rings. The summed E-state index contributed by atoms with van der Waals surface area (Å²) in [5.74, 6) is 0. The summed E-state index contributed by atoms with van der Waals surface area (Å²) in [6.07, 6.45) is 0. The van der Waals surface area contributed by atoms with Crippen LogP contribution in [0.5, 0.6) is 0 Å². The number of anilines is 6. The lowest BCUT2D eigenvalue weighted by Crippen LogP contribution is -2.11. The topological polar surface area (TPSA) is 6.48 Å². The first-order valence-corrected chi connectivity index (χ1v) is 21.3. The minimum absolute atomic E-state index is 1.10. The van der Waals surface area contributed by atoms with Crippen molar-refractivity contribution < 1.29 is 0 Å². The van der Waals surface area contributed by atoms with Gasteiger partial charge in [-0.15, -0.1) is 0 Å². The molecule has 0 atom stereocenters. The fourth-order valence-corrected chi connectivity index (χ4v) is 8.96. The summed E-state index contributed by atoms with van der Waals surface area (Å²) in [6.45, 7) is 0. The molecule has 0 radical (unpaired) electrons. The summed E-state index contributed by atoms with van der Waals surface area (Å²) in [4.78, 5) is 4.79. The number of nitrogens with zero attached hydrogens (tertiary/aromatic N) is 2. The van der Waals surface area contributed by atoms with Crippen molar-refractivity contribution in [3.8, 4) is 33.4 Å². The Kier molecular flexibility index (Phi) is 9.57. The minimum atomic E-state index is 1.10. The van der Waals surface area contributed by atoms with Gasteiger partial charge >= 0.3 is 0 Å². The molecular formula is C60H42N2. The van der Waals surface area contributed by atoms with Gasteiger partial charge in [0.2, 0.25) is 0 Å². The van der Waals surface area contributed by atoms with Crippen LogP contribution in [0.1, 0.15) is 0 Å². The van der Waals surface area contributed by atoms with Crippen molar-refractivity contribution >= 4 is 66.4 Å². The van der Waals surface area contributed by atoms with Gasteiger partial charge in [-0.1, -0.05) is 194 Å². The summed E-state index contributed by atoms with van der Waals surface area (Å²) in [7, 11) is 0. The second kappa shape index (κ2) is 16.1. The van der Waals surface area contributed by atoms with Crippen LogP contribution in [0.2, 0.25) is 0 Å². The third-order valence-corrected chi connectivity index (χ3v) is 12.0. The maximum atomic E-state index is 2.43. The molecule has 0 amide bonds. The summed E-state index contributed by atoms with van der Waals surface area (Å²) >= 11 is 0. The molecule has 2 heteroatoms. The fraction of sp³-hybridized carbons (Fsp3) is 0. The highest BCUT2D eigenvalue weighted by Crippen LogP contribution is 2.45. The van der Waals surface area contributed by atoms with Crippen LogP contribution in [-0.4, -0.2) is 0 Å². The average Bonchev–Trinajstić information content (AvgIpc) is 3.35. The van der Waals surface area contributed by atoms with Crippen LogP contribution in [0.15, 0.2) is 255 Å². The smallest absolute Gasteiger partial charge is 0.0540 e. The van der Waals surface area contributed by atoms with Crippen molar-refractivity contribution in [1.82, 2.24) is 0 Å². The monoisotopic (exact) mass is 790 g/mol. The summed E-state index contributed by atoms with van der Waals surface area (Å²) in [5.41, 5.74) is 13.9. The van der Waals surface area contributed by atoms with Gasteiger partial charge in [-0.25, -0.2) is 0 Å². The maximum Gasteiger partial charge on any atom is 0.0540 e. The Balaban J connectivity index is 1.01. The number of hydrogen-bond acceptors (Lipinski definition) is 2. The van der Waals surface area contributed by atoms with Crippen LogP contribution in [0.25, 0.3) is 65.7 Å². The normalized spacial score (nSPS) is 11.2. The number of fused-ring (bicyclic) bond motifs is 3. The number of hydrogen-bond donors (Lipinski definition) is 0. The molecule has 0 aliphatic carbocycles. The van der Waals surface area contributed by atoms with Crippen molar-refractivity contribution in [3.05, 3.63) is 255 Å². The summed E-state index contributed by atoms with van der Waals surface area (Å²) in [6, 6.07) is 92.1. The van der Waals surface area contributed by atoms with Crippen LogP contribution in [0, 0.1) is 0 Å². The van der Waals surface area contributed by atoms with Gasteiger partial charge < -0.3 is 9.80 Å². The van der Waals surface area contributed by atoms with Gasteiger partial charge in [0.1, 0.15) is 0 Å². The first-order chi connectivity index (χ1) is 30.7. The van der Waals surface area contributed by atoms with Crippen LogP contribution in [0.4, 0.5) is 34.1 Å². The highest BCUT2D eigenvalue weighted by atomic mass is 15.1. The Hall–Kier alpha value is -8.20. The Bertz CT molecular complexity index is 3310. The van der Waals surface area contributed by atoms with Gasteiger partial charge in [0.05, 0.1) is 11.4 Å². The van der Waals surface area contributed by atoms with E-state index in [9.17, 15) is 0 Å². The van der Waals surface area contributed by atoms with Crippen LogP contribution >= 0.6 is 0 Å². The molecule has 0 heterocycles. The largest absolute Gasteiger partial charge is 0.310 e. The van der Waals surface area contributed by atoms with Crippen LogP contribution < -0.4 is 9.80 Å². The van der Waals surface area contributed by atoms with E-state index in [4.69, 9.17) is 0 Å². The Labute approximate surface area is 362 Å². The molecule has 0 aliphatic rings. The van der Waals surface area contributed by atoms with Crippen molar-refractivity contribution in [2.24, 2.45) is 0 Å².